The molecule has 0 aliphatic rings. The van der Waals surface area contributed by atoms with E-state index in [1.807, 2.05) is 0 Å². The van der Waals surface area contributed by atoms with Gasteiger partial charge in [0.05, 0.1) is 17.7 Å². The maximum atomic E-state index is 13.5. The lowest BCUT2D eigenvalue weighted by Crippen LogP contribution is -2.08. The van der Waals surface area contributed by atoms with Crippen molar-refractivity contribution < 1.29 is 26.3 Å². The van der Waals surface area contributed by atoms with Gasteiger partial charge in [-0.05, 0) is 53.8 Å². The number of pyridine rings is 1. The summed E-state index contributed by atoms with van der Waals surface area (Å²) in [6.45, 7) is 1.65. The van der Waals surface area contributed by atoms with E-state index in [0.29, 0.717) is 33.0 Å². The number of benzene rings is 1. The summed E-state index contributed by atoms with van der Waals surface area (Å²) < 4.78 is 70.6. The van der Waals surface area contributed by atoms with Crippen LogP contribution in [0.1, 0.15) is 11.3 Å². The van der Waals surface area contributed by atoms with Gasteiger partial charge in [0.25, 0.3) is 0 Å². The number of halogens is 3. The Morgan fingerprint density at radius 1 is 1.09 bits per heavy atom. The van der Waals surface area contributed by atoms with Crippen molar-refractivity contribution >= 4 is 21.2 Å². The van der Waals surface area contributed by atoms with E-state index >= 15 is 0 Å². The number of aromatic nitrogens is 3. The SMILES string of the molecule is COc1ccccc1-n1nc(C(F)(F)F)cc1-c1cc(-c2cnc(S(C)(=O)=O)c(C)c2)cs1. The summed E-state index contributed by atoms with van der Waals surface area (Å²) in [5, 5.41) is 5.58. The number of alkyl halides is 3. The van der Waals surface area contributed by atoms with Crippen LogP contribution in [0.25, 0.3) is 27.4 Å². The first-order valence-electron chi connectivity index (χ1n) is 9.55. The van der Waals surface area contributed by atoms with Crippen molar-refractivity contribution in [3.8, 4) is 33.1 Å². The molecule has 4 aromatic rings. The van der Waals surface area contributed by atoms with Crippen LogP contribution in [0, 0.1) is 6.92 Å². The fraction of sp³-hybridized carbons (Fsp3) is 0.182. The molecule has 33 heavy (non-hydrogen) atoms. The van der Waals surface area contributed by atoms with Gasteiger partial charge in [-0.3, -0.25) is 0 Å². The summed E-state index contributed by atoms with van der Waals surface area (Å²) in [5.74, 6) is 0.378. The fourth-order valence-corrected chi connectivity index (χ4v) is 5.22. The highest BCUT2D eigenvalue weighted by Crippen LogP contribution is 2.39. The van der Waals surface area contributed by atoms with E-state index in [9.17, 15) is 21.6 Å². The molecule has 0 amide bonds. The highest BCUT2D eigenvalue weighted by atomic mass is 32.2. The number of aryl methyl sites for hydroxylation is 1. The third kappa shape index (κ3) is 4.51. The Hall–Kier alpha value is -3.18. The molecule has 0 atom stereocenters. The van der Waals surface area contributed by atoms with Gasteiger partial charge in [-0.2, -0.15) is 18.3 Å². The number of nitrogens with zero attached hydrogens (tertiary/aromatic N) is 3. The maximum absolute atomic E-state index is 13.5. The molecule has 172 valence electrons. The van der Waals surface area contributed by atoms with Crippen molar-refractivity contribution in [3.63, 3.8) is 0 Å². The van der Waals surface area contributed by atoms with Crippen LogP contribution in [0.3, 0.4) is 0 Å². The molecule has 0 saturated heterocycles. The summed E-state index contributed by atoms with van der Waals surface area (Å²) in [4.78, 5) is 4.61. The minimum Gasteiger partial charge on any atom is -0.494 e. The van der Waals surface area contributed by atoms with E-state index < -0.39 is 21.7 Å². The molecular formula is C22H18F3N3O3S2. The van der Waals surface area contributed by atoms with Crippen LogP contribution >= 0.6 is 11.3 Å². The Bertz CT molecular complexity index is 1440. The van der Waals surface area contributed by atoms with Gasteiger partial charge >= 0.3 is 6.18 Å². The average Bonchev–Trinajstić information content (AvgIpc) is 3.40. The van der Waals surface area contributed by atoms with Crippen molar-refractivity contribution in [2.45, 2.75) is 18.1 Å². The molecule has 4 rings (SSSR count). The molecule has 1 aromatic carbocycles. The lowest BCUT2D eigenvalue weighted by atomic mass is 10.1. The van der Waals surface area contributed by atoms with E-state index in [1.165, 1.54) is 29.3 Å². The number of para-hydroxylation sites is 2. The largest absolute Gasteiger partial charge is 0.494 e. The Balaban J connectivity index is 1.83. The Labute approximate surface area is 192 Å². The van der Waals surface area contributed by atoms with Crippen LogP contribution in [0.5, 0.6) is 5.75 Å². The summed E-state index contributed by atoms with van der Waals surface area (Å²) in [5.41, 5.74) is 1.44. The second kappa shape index (κ2) is 8.31. The first kappa shape index (κ1) is 23.0. The molecule has 0 spiro atoms. The number of thiophene rings is 1. The molecule has 0 N–H and O–H groups in total. The second-order valence-corrected chi connectivity index (χ2v) is 10.2. The van der Waals surface area contributed by atoms with Gasteiger partial charge in [0, 0.05) is 18.0 Å². The Morgan fingerprint density at radius 3 is 2.45 bits per heavy atom. The average molecular weight is 494 g/mol. The van der Waals surface area contributed by atoms with Crippen molar-refractivity contribution in [1.82, 2.24) is 14.8 Å². The predicted molar refractivity (Wildman–Crippen MR) is 120 cm³/mol. The minimum atomic E-state index is -4.62. The first-order chi connectivity index (χ1) is 15.5. The zero-order valence-corrected chi connectivity index (χ0v) is 19.3. The topological polar surface area (TPSA) is 74.1 Å². The van der Waals surface area contributed by atoms with Crippen LogP contribution < -0.4 is 4.74 Å². The van der Waals surface area contributed by atoms with Gasteiger partial charge in [-0.25, -0.2) is 18.1 Å². The van der Waals surface area contributed by atoms with Gasteiger partial charge in [-0.15, -0.1) is 11.3 Å². The molecule has 0 bridgehead atoms. The summed E-state index contributed by atoms with van der Waals surface area (Å²) in [6, 6.07) is 11.1. The normalized spacial score (nSPS) is 12.2. The minimum absolute atomic E-state index is 0.00855. The van der Waals surface area contributed by atoms with Gasteiger partial charge in [-0.1, -0.05) is 12.1 Å². The van der Waals surface area contributed by atoms with E-state index in [4.69, 9.17) is 4.74 Å². The third-order valence-corrected chi connectivity index (χ3v) is 6.96. The number of ether oxygens (including phenoxy) is 1. The molecule has 0 aliphatic heterocycles. The van der Waals surface area contributed by atoms with Gasteiger partial charge < -0.3 is 4.74 Å². The quantitative estimate of drug-likeness (QED) is 0.372. The molecule has 11 heteroatoms. The van der Waals surface area contributed by atoms with Gasteiger partial charge in [0.2, 0.25) is 0 Å². The molecule has 0 unspecified atom stereocenters. The number of hydrogen-bond donors (Lipinski definition) is 0. The lowest BCUT2D eigenvalue weighted by Gasteiger charge is -2.10. The van der Waals surface area contributed by atoms with Crippen LogP contribution in [-0.2, 0) is 16.0 Å². The molecule has 0 aliphatic carbocycles. The Kier molecular flexibility index (Phi) is 5.79. The number of methoxy groups -OCH3 is 1. The maximum Gasteiger partial charge on any atom is 0.435 e. The van der Waals surface area contributed by atoms with Crippen LogP contribution in [0.4, 0.5) is 13.2 Å². The van der Waals surface area contributed by atoms with Crippen LogP contribution in [-0.4, -0.2) is 36.5 Å². The zero-order chi connectivity index (χ0) is 24.0. The Morgan fingerprint density at radius 2 is 1.82 bits per heavy atom. The summed E-state index contributed by atoms with van der Waals surface area (Å²) in [6.07, 6.45) is -2.10. The van der Waals surface area contributed by atoms with Crippen LogP contribution in [0.2, 0.25) is 0 Å². The summed E-state index contributed by atoms with van der Waals surface area (Å²) >= 11 is 1.24. The van der Waals surface area contributed by atoms with Crippen molar-refractivity contribution in [3.05, 3.63) is 65.3 Å². The predicted octanol–water partition coefficient (Wildman–Crippen LogP) is 5.40. The fourth-order valence-electron chi connectivity index (χ4n) is 3.41. The molecular weight excluding hydrogens is 475 g/mol. The number of rotatable bonds is 5. The van der Waals surface area contributed by atoms with Crippen LogP contribution in [0.15, 0.2) is 59.1 Å². The smallest absolute Gasteiger partial charge is 0.435 e. The molecule has 0 saturated carbocycles. The lowest BCUT2D eigenvalue weighted by molar-refractivity contribution is -0.141. The number of sulfone groups is 1. The third-order valence-electron chi connectivity index (χ3n) is 4.88. The van der Waals surface area contributed by atoms with E-state index in [1.54, 1.807) is 48.7 Å². The first-order valence-corrected chi connectivity index (χ1v) is 12.3. The standard InChI is InChI=1S/C22H18F3N3O3S2/c1-13-8-14(11-26-21(13)33(3,29)30)15-9-19(32-12-15)17-10-20(22(23,24)25)27-28(17)16-6-4-5-7-18(16)31-2/h4-12H,1-3H3. The molecule has 6 nitrogen and oxygen atoms in total. The van der Waals surface area contributed by atoms with Crippen molar-refractivity contribution in [2.75, 3.05) is 13.4 Å². The van der Waals surface area contributed by atoms with E-state index in [2.05, 4.69) is 10.1 Å². The second-order valence-electron chi connectivity index (χ2n) is 7.31. The monoisotopic (exact) mass is 493 g/mol. The number of hydrogen-bond acceptors (Lipinski definition) is 6. The van der Waals surface area contributed by atoms with E-state index in [-0.39, 0.29) is 10.7 Å². The van der Waals surface area contributed by atoms with Crippen molar-refractivity contribution in [1.29, 1.82) is 0 Å². The van der Waals surface area contributed by atoms with E-state index in [0.717, 1.165) is 12.3 Å². The zero-order valence-electron chi connectivity index (χ0n) is 17.7. The molecule has 0 fully saturated rings. The molecule has 3 heterocycles. The highest BCUT2D eigenvalue weighted by Gasteiger charge is 2.35. The molecule has 0 radical (unpaired) electrons. The van der Waals surface area contributed by atoms with Crippen molar-refractivity contribution in [2.24, 2.45) is 0 Å². The summed E-state index contributed by atoms with van der Waals surface area (Å²) in [7, 11) is -2.03. The molecule has 3 aromatic heterocycles. The van der Waals surface area contributed by atoms with Gasteiger partial charge in [0.15, 0.2) is 20.6 Å². The van der Waals surface area contributed by atoms with Gasteiger partial charge in [0.1, 0.15) is 11.4 Å². The highest BCUT2D eigenvalue weighted by molar-refractivity contribution is 7.90.